The topological polar surface area (TPSA) is 15.3 Å². The molecule has 0 radical (unpaired) electrons. The molecule has 1 saturated heterocycles. The number of rotatable bonds is 2. The molecule has 1 N–H and O–H groups in total. The van der Waals surface area contributed by atoms with E-state index >= 15 is 0 Å². The minimum atomic E-state index is 0.687. The van der Waals surface area contributed by atoms with Gasteiger partial charge in [0.2, 0.25) is 0 Å². The Bertz CT molecular complexity index is 134. The van der Waals surface area contributed by atoms with E-state index in [-0.39, 0.29) is 0 Å². The lowest BCUT2D eigenvalue weighted by Gasteiger charge is -2.43. The van der Waals surface area contributed by atoms with Crippen LogP contribution in [0.15, 0.2) is 0 Å². The Labute approximate surface area is 76.3 Å². The van der Waals surface area contributed by atoms with E-state index in [0.29, 0.717) is 12.1 Å². The Morgan fingerprint density at radius 3 is 2.50 bits per heavy atom. The molecule has 1 rings (SSSR count). The summed E-state index contributed by atoms with van der Waals surface area (Å²) in [6, 6.07) is 2.13. The fourth-order valence-corrected chi connectivity index (χ4v) is 2.32. The van der Waals surface area contributed by atoms with Gasteiger partial charge in [-0.05, 0) is 27.2 Å². The van der Waals surface area contributed by atoms with Crippen LogP contribution in [0.2, 0.25) is 0 Å². The highest BCUT2D eigenvalue weighted by molar-refractivity contribution is 4.86. The third kappa shape index (κ3) is 1.99. The van der Waals surface area contributed by atoms with Crippen LogP contribution in [0.5, 0.6) is 0 Å². The van der Waals surface area contributed by atoms with Crippen LogP contribution in [0, 0.1) is 0 Å². The third-order valence-electron chi connectivity index (χ3n) is 2.82. The van der Waals surface area contributed by atoms with Gasteiger partial charge in [-0.2, -0.15) is 0 Å². The molecule has 2 atom stereocenters. The Morgan fingerprint density at radius 2 is 2.08 bits per heavy atom. The molecule has 1 heterocycles. The van der Waals surface area contributed by atoms with Gasteiger partial charge in [0, 0.05) is 31.2 Å². The van der Waals surface area contributed by atoms with Crippen LogP contribution in [-0.4, -0.2) is 36.1 Å². The van der Waals surface area contributed by atoms with Gasteiger partial charge in [-0.25, -0.2) is 0 Å². The molecule has 1 aliphatic heterocycles. The van der Waals surface area contributed by atoms with Crippen LogP contribution >= 0.6 is 0 Å². The minimum Gasteiger partial charge on any atom is -0.314 e. The summed E-state index contributed by atoms with van der Waals surface area (Å²) in [5.74, 6) is 0. The van der Waals surface area contributed by atoms with E-state index < -0.39 is 0 Å². The van der Waals surface area contributed by atoms with Gasteiger partial charge in [0.05, 0.1) is 0 Å². The average Bonchev–Trinajstić information content (AvgIpc) is 2.03. The van der Waals surface area contributed by atoms with Crippen LogP contribution in [-0.2, 0) is 0 Å². The van der Waals surface area contributed by atoms with Crippen LogP contribution in [0.4, 0.5) is 0 Å². The fraction of sp³-hybridized carbons (Fsp3) is 1.00. The van der Waals surface area contributed by atoms with Gasteiger partial charge < -0.3 is 5.32 Å². The van der Waals surface area contributed by atoms with Crippen molar-refractivity contribution in [1.82, 2.24) is 10.2 Å². The van der Waals surface area contributed by atoms with Gasteiger partial charge in [0.25, 0.3) is 0 Å². The van der Waals surface area contributed by atoms with Crippen molar-refractivity contribution in [2.24, 2.45) is 0 Å². The number of hydrogen-bond donors (Lipinski definition) is 1. The third-order valence-corrected chi connectivity index (χ3v) is 2.82. The van der Waals surface area contributed by atoms with Crippen molar-refractivity contribution >= 4 is 0 Å². The molecule has 2 heteroatoms. The highest BCUT2D eigenvalue weighted by Gasteiger charge is 2.27. The predicted molar refractivity (Wildman–Crippen MR) is 53.4 cm³/mol. The summed E-state index contributed by atoms with van der Waals surface area (Å²) in [4.78, 5) is 2.64. The standard InChI is InChI=1S/C10H22N2/c1-5-10-7-11-6-9(4)12(10)8(2)3/h8-11H,5-7H2,1-4H3. The summed E-state index contributed by atoms with van der Waals surface area (Å²) in [5, 5.41) is 3.48. The van der Waals surface area contributed by atoms with Crippen molar-refractivity contribution < 1.29 is 0 Å². The van der Waals surface area contributed by atoms with Crippen LogP contribution in [0.1, 0.15) is 34.1 Å². The SMILES string of the molecule is CCC1CNCC(C)N1C(C)C. The van der Waals surface area contributed by atoms with Crippen molar-refractivity contribution in [3.05, 3.63) is 0 Å². The first kappa shape index (κ1) is 10.0. The zero-order valence-corrected chi connectivity index (χ0v) is 8.80. The van der Waals surface area contributed by atoms with E-state index in [1.54, 1.807) is 0 Å². The first-order chi connectivity index (χ1) is 5.66. The Balaban J connectivity index is 2.59. The summed E-state index contributed by atoms with van der Waals surface area (Å²) in [6.07, 6.45) is 1.26. The molecule has 2 nitrogen and oxygen atoms in total. The first-order valence-corrected chi connectivity index (χ1v) is 5.15. The van der Waals surface area contributed by atoms with Crippen LogP contribution in [0.3, 0.4) is 0 Å². The minimum absolute atomic E-state index is 0.687. The summed E-state index contributed by atoms with van der Waals surface area (Å²) >= 11 is 0. The molecule has 72 valence electrons. The van der Waals surface area contributed by atoms with Crippen molar-refractivity contribution in [2.75, 3.05) is 13.1 Å². The smallest absolute Gasteiger partial charge is 0.0224 e. The first-order valence-electron chi connectivity index (χ1n) is 5.15. The van der Waals surface area contributed by atoms with Crippen molar-refractivity contribution in [2.45, 2.75) is 52.2 Å². The van der Waals surface area contributed by atoms with Crippen molar-refractivity contribution in [3.8, 4) is 0 Å². The Morgan fingerprint density at radius 1 is 1.42 bits per heavy atom. The molecule has 1 aliphatic rings. The van der Waals surface area contributed by atoms with Gasteiger partial charge in [-0.3, -0.25) is 4.90 Å². The number of nitrogens with one attached hydrogen (secondary N) is 1. The Hall–Kier alpha value is -0.0800. The zero-order chi connectivity index (χ0) is 9.14. The van der Waals surface area contributed by atoms with Crippen LogP contribution in [0.25, 0.3) is 0 Å². The van der Waals surface area contributed by atoms with E-state index in [1.165, 1.54) is 13.0 Å². The molecule has 0 aromatic carbocycles. The maximum Gasteiger partial charge on any atom is 0.0224 e. The van der Waals surface area contributed by atoms with E-state index in [1.807, 2.05) is 0 Å². The van der Waals surface area contributed by atoms with E-state index in [4.69, 9.17) is 0 Å². The molecule has 0 saturated carbocycles. The second-order valence-electron chi connectivity index (χ2n) is 4.11. The molecule has 0 bridgehead atoms. The molecule has 0 aromatic rings. The number of hydrogen-bond acceptors (Lipinski definition) is 2. The van der Waals surface area contributed by atoms with E-state index in [2.05, 4.69) is 37.9 Å². The summed E-state index contributed by atoms with van der Waals surface area (Å²) in [5.41, 5.74) is 0. The summed E-state index contributed by atoms with van der Waals surface area (Å²) in [6.45, 7) is 11.5. The van der Waals surface area contributed by atoms with Gasteiger partial charge in [-0.1, -0.05) is 6.92 Å². The zero-order valence-electron chi connectivity index (χ0n) is 8.80. The van der Waals surface area contributed by atoms with Gasteiger partial charge in [0.1, 0.15) is 0 Å². The second-order valence-corrected chi connectivity index (χ2v) is 4.11. The monoisotopic (exact) mass is 170 g/mol. The quantitative estimate of drug-likeness (QED) is 0.675. The molecular formula is C10H22N2. The normalized spacial score (nSPS) is 32.8. The van der Waals surface area contributed by atoms with Gasteiger partial charge in [0.15, 0.2) is 0 Å². The maximum atomic E-state index is 3.48. The highest BCUT2D eigenvalue weighted by Crippen LogP contribution is 2.15. The number of piperazine rings is 1. The van der Waals surface area contributed by atoms with Gasteiger partial charge >= 0.3 is 0 Å². The molecule has 0 amide bonds. The largest absolute Gasteiger partial charge is 0.314 e. The lowest BCUT2D eigenvalue weighted by Crippen LogP contribution is -2.58. The van der Waals surface area contributed by atoms with Gasteiger partial charge in [-0.15, -0.1) is 0 Å². The molecule has 12 heavy (non-hydrogen) atoms. The maximum absolute atomic E-state index is 3.48. The van der Waals surface area contributed by atoms with Crippen LogP contribution < -0.4 is 5.32 Å². The predicted octanol–water partition coefficient (Wildman–Crippen LogP) is 1.47. The van der Waals surface area contributed by atoms with E-state index in [9.17, 15) is 0 Å². The molecule has 2 unspecified atom stereocenters. The second kappa shape index (κ2) is 4.24. The fourth-order valence-electron chi connectivity index (χ4n) is 2.32. The molecule has 0 aromatic heterocycles. The lowest BCUT2D eigenvalue weighted by molar-refractivity contribution is 0.0707. The molecular weight excluding hydrogens is 148 g/mol. The van der Waals surface area contributed by atoms with E-state index in [0.717, 1.165) is 12.6 Å². The molecule has 1 fully saturated rings. The van der Waals surface area contributed by atoms with Crippen molar-refractivity contribution in [1.29, 1.82) is 0 Å². The Kier molecular flexibility index (Phi) is 3.53. The summed E-state index contributed by atoms with van der Waals surface area (Å²) < 4.78 is 0. The average molecular weight is 170 g/mol. The highest BCUT2D eigenvalue weighted by atomic mass is 15.3. The molecule has 0 spiro atoms. The van der Waals surface area contributed by atoms with Crippen molar-refractivity contribution in [3.63, 3.8) is 0 Å². The summed E-state index contributed by atoms with van der Waals surface area (Å²) in [7, 11) is 0. The lowest BCUT2D eigenvalue weighted by atomic mass is 10.0. The number of nitrogens with zero attached hydrogens (tertiary/aromatic N) is 1. The molecule has 0 aliphatic carbocycles.